The standard InChI is InChI=1S/C27H31N3O6S2/c1-3-30(4-2)20-8-7-17-11-19(6-5-18(17)12-20)25-10-9-21(37-25)13-22(14-28)38(34,35)29-15-24-27(33)26(32)23(31)16-36-24/h5-13,23-24,26-27,29,31-33H,3-4,15-16H2,1-2H3/b22-13+/t23-,24+,26+,27+/m0/s1. The molecule has 3 aromatic rings. The van der Waals surface area contributed by atoms with Crippen LogP contribution in [0.1, 0.15) is 18.7 Å². The number of nitrogens with zero attached hydrogens (tertiary/aromatic N) is 2. The summed E-state index contributed by atoms with van der Waals surface area (Å²) in [5, 5.41) is 41.1. The summed E-state index contributed by atoms with van der Waals surface area (Å²) in [5.41, 5.74) is 2.16. The van der Waals surface area contributed by atoms with Gasteiger partial charge in [0.05, 0.1) is 12.7 Å². The number of fused-ring (bicyclic) bond motifs is 1. The van der Waals surface area contributed by atoms with Crippen LogP contribution in [0.15, 0.2) is 53.4 Å². The first-order valence-corrected chi connectivity index (χ1v) is 14.6. The summed E-state index contributed by atoms with van der Waals surface area (Å²) in [5.74, 6) is 0. The van der Waals surface area contributed by atoms with Crippen LogP contribution < -0.4 is 9.62 Å². The maximum absolute atomic E-state index is 12.8. The van der Waals surface area contributed by atoms with E-state index in [2.05, 4.69) is 53.8 Å². The van der Waals surface area contributed by atoms with Crippen LogP contribution in [-0.4, -0.2) is 74.4 Å². The van der Waals surface area contributed by atoms with Gasteiger partial charge in [-0.25, -0.2) is 13.1 Å². The monoisotopic (exact) mass is 557 g/mol. The van der Waals surface area contributed by atoms with Crippen LogP contribution in [0, 0.1) is 11.3 Å². The molecule has 0 aliphatic carbocycles. The van der Waals surface area contributed by atoms with E-state index < -0.39 is 39.3 Å². The zero-order valence-corrected chi connectivity index (χ0v) is 22.7. The molecule has 4 atom stereocenters. The number of allylic oxidation sites excluding steroid dienone is 1. The Bertz CT molecular complexity index is 1460. The quantitative estimate of drug-likeness (QED) is 0.294. The van der Waals surface area contributed by atoms with Crippen LogP contribution >= 0.6 is 11.3 Å². The molecule has 0 bridgehead atoms. The summed E-state index contributed by atoms with van der Waals surface area (Å²) < 4.78 is 33.0. The van der Waals surface area contributed by atoms with E-state index >= 15 is 0 Å². The highest BCUT2D eigenvalue weighted by molar-refractivity contribution is 7.93. The number of thiophene rings is 1. The zero-order valence-electron chi connectivity index (χ0n) is 21.1. The molecule has 1 fully saturated rings. The van der Waals surface area contributed by atoms with Crippen molar-refractivity contribution in [1.82, 2.24) is 4.72 Å². The van der Waals surface area contributed by atoms with Crippen LogP contribution in [0.3, 0.4) is 0 Å². The second kappa shape index (κ2) is 11.9. The number of hydrogen-bond acceptors (Lipinski definition) is 9. The minimum Gasteiger partial charge on any atom is -0.388 e. The Labute approximate surface area is 226 Å². The Morgan fingerprint density at radius 2 is 1.82 bits per heavy atom. The lowest BCUT2D eigenvalue weighted by Crippen LogP contribution is -2.56. The molecule has 1 saturated heterocycles. The number of sulfonamides is 1. The molecule has 11 heteroatoms. The van der Waals surface area contributed by atoms with Crippen molar-refractivity contribution in [2.24, 2.45) is 0 Å². The molecule has 2 heterocycles. The number of aliphatic hydroxyl groups excluding tert-OH is 3. The second-order valence-corrected chi connectivity index (χ2v) is 11.9. The number of rotatable bonds is 9. The molecule has 0 spiro atoms. The van der Waals surface area contributed by atoms with E-state index in [4.69, 9.17) is 4.74 Å². The van der Waals surface area contributed by atoms with E-state index in [9.17, 15) is 29.0 Å². The molecule has 0 amide bonds. The molecule has 0 saturated carbocycles. The van der Waals surface area contributed by atoms with Crippen molar-refractivity contribution >= 4 is 43.9 Å². The summed E-state index contributed by atoms with van der Waals surface area (Å²) >= 11 is 1.36. The fraction of sp³-hybridized carbons (Fsp3) is 0.370. The molecule has 9 nitrogen and oxygen atoms in total. The number of anilines is 1. The minimum atomic E-state index is -4.21. The Morgan fingerprint density at radius 1 is 1.11 bits per heavy atom. The van der Waals surface area contributed by atoms with E-state index in [0.29, 0.717) is 4.88 Å². The molecule has 4 rings (SSSR count). The van der Waals surface area contributed by atoms with Gasteiger partial charge in [0.25, 0.3) is 10.0 Å². The van der Waals surface area contributed by atoms with Gasteiger partial charge in [-0.2, -0.15) is 5.26 Å². The summed E-state index contributed by atoms with van der Waals surface area (Å²) in [7, 11) is -4.21. The third-order valence-corrected chi connectivity index (χ3v) is 9.03. The molecular formula is C27H31N3O6S2. The minimum absolute atomic E-state index is 0.241. The van der Waals surface area contributed by atoms with E-state index in [1.807, 2.05) is 12.1 Å². The van der Waals surface area contributed by atoms with Crippen LogP contribution in [0.4, 0.5) is 5.69 Å². The van der Waals surface area contributed by atoms with Gasteiger partial charge in [-0.05, 0) is 66.6 Å². The Kier molecular flexibility index (Phi) is 8.85. The molecule has 1 aliphatic rings. The molecule has 202 valence electrons. The lowest BCUT2D eigenvalue weighted by Gasteiger charge is -2.35. The smallest absolute Gasteiger partial charge is 0.250 e. The molecule has 1 aromatic heterocycles. The average Bonchev–Trinajstić information content (AvgIpc) is 3.39. The highest BCUT2D eigenvalue weighted by Gasteiger charge is 2.38. The Morgan fingerprint density at radius 3 is 2.53 bits per heavy atom. The first-order valence-electron chi connectivity index (χ1n) is 12.3. The van der Waals surface area contributed by atoms with Gasteiger partial charge in [-0.3, -0.25) is 0 Å². The highest BCUT2D eigenvalue weighted by Crippen LogP contribution is 2.33. The van der Waals surface area contributed by atoms with Gasteiger partial charge in [0.2, 0.25) is 0 Å². The second-order valence-electron chi connectivity index (χ2n) is 9.01. The van der Waals surface area contributed by atoms with Crippen molar-refractivity contribution in [3.63, 3.8) is 0 Å². The van der Waals surface area contributed by atoms with Gasteiger partial charge < -0.3 is 25.0 Å². The molecule has 2 aromatic carbocycles. The van der Waals surface area contributed by atoms with Crippen molar-refractivity contribution < 1.29 is 28.5 Å². The zero-order chi connectivity index (χ0) is 27.4. The van der Waals surface area contributed by atoms with Gasteiger partial charge in [-0.1, -0.05) is 18.2 Å². The SMILES string of the molecule is CCN(CC)c1ccc2cc(-c3ccc(/C=C(\C#N)S(=O)(=O)NC[C@H]4OC[C@H](O)[C@@H](O)[C@@H]4O)s3)ccc2c1. The fourth-order valence-corrected chi connectivity index (χ4v) is 6.34. The van der Waals surface area contributed by atoms with Gasteiger partial charge in [0.15, 0.2) is 4.91 Å². The predicted molar refractivity (Wildman–Crippen MR) is 149 cm³/mol. The molecule has 0 radical (unpaired) electrons. The Hall–Kier alpha value is -2.82. The first-order chi connectivity index (χ1) is 18.2. The fourth-order valence-electron chi connectivity index (χ4n) is 4.37. The third kappa shape index (κ3) is 6.08. The third-order valence-electron chi connectivity index (χ3n) is 6.62. The normalized spacial score (nSPS) is 22.4. The summed E-state index contributed by atoms with van der Waals surface area (Å²) in [6.07, 6.45) is -3.94. The highest BCUT2D eigenvalue weighted by atomic mass is 32.2. The van der Waals surface area contributed by atoms with E-state index in [1.54, 1.807) is 12.1 Å². The van der Waals surface area contributed by atoms with E-state index in [1.165, 1.54) is 23.1 Å². The van der Waals surface area contributed by atoms with Crippen molar-refractivity contribution in [2.75, 3.05) is 31.1 Å². The van der Waals surface area contributed by atoms with Crippen LogP contribution in [0.5, 0.6) is 0 Å². The largest absolute Gasteiger partial charge is 0.388 e. The number of nitrogens with one attached hydrogen (secondary N) is 1. The van der Waals surface area contributed by atoms with E-state index in [0.717, 1.165) is 34.3 Å². The summed E-state index contributed by atoms with van der Waals surface area (Å²) in [6, 6.07) is 17.9. The molecule has 38 heavy (non-hydrogen) atoms. The van der Waals surface area contributed by atoms with Gasteiger partial charge in [0, 0.05) is 35.1 Å². The van der Waals surface area contributed by atoms with Crippen molar-refractivity contribution in [3.05, 3.63) is 58.3 Å². The lowest BCUT2D eigenvalue weighted by atomic mass is 10.0. The average molecular weight is 558 g/mol. The van der Waals surface area contributed by atoms with E-state index in [-0.39, 0.29) is 13.2 Å². The first kappa shape index (κ1) is 28.2. The number of aliphatic hydroxyl groups is 3. The maximum atomic E-state index is 12.8. The van der Waals surface area contributed by atoms with Crippen molar-refractivity contribution in [1.29, 1.82) is 5.26 Å². The molecule has 1 aliphatic heterocycles. The lowest BCUT2D eigenvalue weighted by molar-refractivity contribution is -0.184. The van der Waals surface area contributed by atoms with Crippen LogP contribution in [0.25, 0.3) is 27.3 Å². The summed E-state index contributed by atoms with van der Waals surface area (Å²) in [4.78, 5) is 3.32. The summed E-state index contributed by atoms with van der Waals surface area (Å²) in [6.45, 7) is 5.53. The number of ether oxygens (including phenoxy) is 1. The number of hydrogen-bond donors (Lipinski definition) is 4. The van der Waals surface area contributed by atoms with Crippen molar-refractivity contribution in [2.45, 2.75) is 38.3 Å². The molecule has 0 unspecified atom stereocenters. The van der Waals surface area contributed by atoms with Gasteiger partial charge in [0.1, 0.15) is 24.4 Å². The number of nitriles is 1. The van der Waals surface area contributed by atoms with Gasteiger partial charge in [-0.15, -0.1) is 11.3 Å². The maximum Gasteiger partial charge on any atom is 0.250 e. The van der Waals surface area contributed by atoms with Crippen LogP contribution in [-0.2, 0) is 14.8 Å². The Balaban J connectivity index is 1.50. The van der Waals surface area contributed by atoms with Crippen LogP contribution in [0.2, 0.25) is 0 Å². The van der Waals surface area contributed by atoms with Crippen molar-refractivity contribution in [3.8, 4) is 16.5 Å². The molecular weight excluding hydrogens is 526 g/mol. The topological polar surface area (TPSA) is 143 Å². The number of benzene rings is 2. The molecule has 4 N–H and O–H groups in total. The predicted octanol–water partition coefficient (Wildman–Crippen LogP) is 2.68. The van der Waals surface area contributed by atoms with Gasteiger partial charge >= 0.3 is 0 Å².